The Labute approximate surface area is 193 Å². The molecule has 0 aliphatic heterocycles. The van der Waals surface area contributed by atoms with Crippen LogP contribution in [0.2, 0.25) is 0 Å². The fourth-order valence-corrected chi connectivity index (χ4v) is 3.15. The van der Waals surface area contributed by atoms with Gasteiger partial charge >= 0.3 is 6.18 Å². The maximum absolute atomic E-state index is 13.8. The molecule has 4 N–H and O–H groups in total. The minimum atomic E-state index is -4.56. The van der Waals surface area contributed by atoms with Crippen LogP contribution in [0, 0.1) is 16.7 Å². The van der Waals surface area contributed by atoms with Crippen LogP contribution in [-0.2, 0) is 0 Å². The molecule has 1 saturated carbocycles. The quantitative estimate of drug-likeness (QED) is 0.203. The van der Waals surface area contributed by atoms with Crippen molar-refractivity contribution in [1.82, 2.24) is 5.32 Å². The molecule has 0 atom stereocenters. The summed E-state index contributed by atoms with van der Waals surface area (Å²) in [6, 6.07) is 7.27. The number of hydrogen-bond donors (Lipinski definition) is 4. The number of rotatable bonds is 9. The third-order valence-corrected chi connectivity index (χ3v) is 5.10. The predicted octanol–water partition coefficient (Wildman–Crippen LogP) is 6.11. The first-order valence-corrected chi connectivity index (χ1v) is 10.9. The Hall–Kier alpha value is -3.28. The highest BCUT2D eigenvalue weighted by atomic mass is 19.4. The predicted molar refractivity (Wildman–Crippen MR) is 128 cm³/mol. The van der Waals surface area contributed by atoms with E-state index in [9.17, 15) is 18.4 Å². The Morgan fingerprint density at radius 1 is 1.27 bits per heavy atom. The number of nitriles is 1. The molecular formula is C24H31F3N6. The zero-order chi connectivity index (χ0) is 24.6. The molecule has 0 unspecified atom stereocenters. The highest BCUT2D eigenvalue weighted by Crippen LogP contribution is 2.31. The average molecular weight is 461 g/mol. The Kier molecular flexibility index (Phi) is 8.69. The number of nitrogens with zero attached hydrogens (tertiary/aromatic N) is 2. The molecule has 0 amide bonds. The van der Waals surface area contributed by atoms with Gasteiger partial charge in [-0.05, 0) is 58.6 Å². The third-order valence-electron chi connectivity index (χ3n) is 5.10. The van der Waals surface area contributed by atoms with Crippen molar-refractivity contribution in [3.8, 4) is 6.07 Å². The van der Waals surface area contributed by atoms with Gasteiger partial charge in [0.2, 0.25) is 0 Å². The summed E-state index contributed by atoms with van der Waals surface area (Å²) in [5, 5.41) is 26.2. The number of allylic oxidation sites excluding steroid dienone is 3. The van der Waals surface area contributed by atoms with Crippen molar-refractivity contribution in [2.24, 2.45) is 4.99 Å². The largest absolute Gasteiger partial charge is 0.419 e. The van der Waals surface area contributed by atoms with E-state index in [1.165, 1.54) is 6.08 Å². The van der Waals surface area contributed by atoms with Crippen molar-refractivity contribution in [3.05, 3.63) is 47.3 Å². The Morgan fingerprint density at radius 2 is 1.94 bits per heavy atom. The zero-order valence-electron chi connectivity index (χ0n) is 19.4. The second-order valence-corrected chi connectivity index (χ2v) is 8.44. The average Bonchev–Trinajstić information content (AvgIpc) is 2.69. The van der Waals surface area contributed by atoms with Gasteiger partial charge in [0.1, 0.15) is 17.2 Å². The van der Waals surface area contributed by atoms with Crippen LogP contribution in [0.25, 0.3) is 0 Å². The van der Waals surface area contributed by atoms with E-state index < -0.39 is 17.3 Å². The minimum absolute atomic E-state index is 0.0400. The van der Waals surface area contributed by atoms with Gasteiger partial charge in [0.15, 0.2) is 0 Å². The number of hydrogen-bond acceptors (Lipinski definition) is 5. The third kappa shape index (κ3) is 7.38. The molecule has 2 rings (SSSR count). The summed E-state index contributed by atoms with van der Waals surface area (Å²) in [6.45, 7) is 6.76. The first-order valence-electron chi connectivity index (χ1n) is 10.9. The van der Waals surface area contributed by atoms with Gasteiger partial charge in [0.25, 0.3) is 0 Å². The van der Waals surface area contributed by atoms with Crippen molar-refractivity contribution >= 4 is 23.4 Å². The molecule has 1 aromatic carbocycles. The lowest BCUT2D eigenvalue weighted by molar-refractivity contribution is -0.0894. The topological polar surface area (TPSA) is 96.1 Å². The van der Waals surface area contributed by atoms with Gasteiger partial charge in [-0.3, -0.25) is 0 Å². The fourth-order valence-electron chi connectivity index (χ4n) is 3.15. The van der Waals surface area contributed by atoms with Crippen LogP contribution < -0.4 is 16.0 Å². The lowest BCUT2D eigenvalue weighted by Gasteiger charge is -2.29. The second kappa shape index (κ2) is 11.0. The lowest BCUT2D eigenvalue weighted by Crippen LogP contribution is -2.36. The molecule has 0 radical (unpaired) electrons. The highest BCUT2D eigenvalue weighted by molar-refractivity contribution is 6.02. The summed E-state index contributed by atoms with van der Waals surface area (Å²) < 4.78 is 41.4. The standard InChI is InChI=1S/C24H31F3N6/c1-5-6-11-19(24(25,26)27)22(32-17-9-7-10-17)31-16(2)30-20-12-8-13-21(18(20)14-28)33-23(3,4)15-29/h6,8,11-14,17,28,32-33H,5,7,9-10H2,1-4H3,(H,30,31)/b11-6+,22-19-,28-14?. The summed E-state index contributed by atoms with van der Waals surface area (Å²) in [4.78, 5) is 4.26. The number of alkyl halides is 3. The maximum atomic E-state index is 13.8. The van der Waals surface area contributed by atoms with Crippen molar-refractivity contribution in [1.29, 1.82) is 10.7 Å². The summed E-state index contributed by atoms with van der Waals surface area (Å²) in [5.41, 5.74) is -0.175. The van der Waals surface area contributed by atoms with Crippen molar-refractivity contribution in [2.45, 2.75) is 71.1 Å². The molecule has 33 heavy (non-hydrogen) atoms. The van der Waals surface area contributed by atoms with Crippen LogP contribution in [0.3, 0.4) is 0 Å². The molecule has 0 saturated heterocycles. The summed E-state index contributed by atoms with van der Waals surface area (Å²) >= 11 is 0. The minimum Gasteiger partial charge on any atom is -0.367 e. The van der Waals surface area contributed by atoms with E-state index in [1.54, 1.807) is 45.9 Å². The molecule has 0 heterocycles. The smallest absolute Gasteiger partial charge is 0.367 e. The fraction of sp³-hybridized carbons (Fsp3) is 0.458. The van der Waals surface area contributed by atoms with E-state index in [0.717, 1.165) is 31.6 Å². The molecule has 1 aliphatic carbocycles. The van der Waals surface area contributed by atoms with Crippen LogP contribution in [0.1, 0.15) is 58.9 Å². The van der Waals surface area contributed by atoms with E-state index in [0.29, 0.717) is 23.4 Å². The Balaban J connectivity index is 2.45. The van der Waals surface area contributed by atoms with E-state index in [4.69, 9.17) is 5.41 Å². The van der Waals surface area contributed by atoms with Crippen molar-refractivity contribution in [2.75, 3.05) is 10.6 Å². The van der Waals surface area contributed by atoms with Gasteiger partial charge in [0.05, 0.1) is 17.3 Å². The normalized spacial score (nSPS) is 16.0. The molecule has 9 heteroatoms. The summed E-state index contributed by atoms with van der Waals surface area (Å²) in [5.74, 6) is 0.0152. The van der Waals surface area contributed by atoms with E-state index in [1.807, 2.05) is 0 Å². The second-order valence-electron chi connectivity index (χ2n) is 8.44. The zero-order valence-corrected chi connectivity index (χ0v) is 19.4. The first kappa shape index (κ1) is 26.0. The maximum Gasteiger partial charge on any atom is 0.419 e. The van der Waals surface area contributed by atoms with Crippen LogP contribution in [0.15, 0.2) is 46.7 Å². The van der Waals surface area contributed by atoms with Gasteiger partial charge < -0.3 is 21.4 Å². The van der Waals surface area contributed by atoms with E-state index in [2.05, 4.69) is 27.0 Å². The van der Waals surface area contributed by atoms with Gasteiger partial charge in [-0.2, -0.15) is 18.4 Å². The van der Waals surface area contributed by atoms with Crippen molar-refractivity contribution in [3.63, 3.8) is 0 Å². The SMILES string of the molecule is CC/C=C/C(=C(\N=C(/C)Nc1cccc(NC(C)(C)C#N)c1C=N)NC1CCC1)C(F)(F)F. The molecule has 6 nitrogen and oxygen atoms in total. The summed E-state index contributed by atoms with van der Waals surface area (Å²) in [6.07, 6.45) is 2.13. The summed E-state index contributed by atoms with van der Waals surface area (Å²) in [7, 11) is 0. The molecule has 1 aromatic rings. The molecule has 178 valence electrons. The number of nitrogens with one attached hydrogen (secondary N) is 4. The van der Waals surface area contributed by atoms with E-state index >= 15 is 0 Å². The molecule has 1 fully saturated rings. The number of amidine groups is 1. The monoisotopic (exact) mass is 460 g/mol. The van der Waals surface area contributed by atoms with Gasteiger partial charge in [-0.15, -0.1) is 0 Å². The Morgan fingerprint density at radius 3 is 2.45 bits per heavy atom. The van der Waals surface area contributed by atoms with Crippen LogP contribution in [-0.4, -0.2) is 29.8 Å². The number of halogens is 3. The van der Waals surface area contributed by atoms with Crippen LogP contribution in [0.4, 0.5) is 24.5 Å². The number of benzene rings is 1. The molecule has 0 spiro atoms. The van der Waals surface area contributed by atoms with Crippen LogP contribution >= 0.6 is 0 Å². The Bertz CT molecular complexity index is 979. The van der Waals surface area contributed by atoms with Gasteiger partial charge in [0, 0.05) is 23.5 Å². The number of aliphatic imine (C=N–C) groups is 1. The molecular weight excluding hydrogens is 429 g/mol. The molecule has 1 aliphatic rings. The van der Waals surface area contributed by atoms with Crippen LogP contribution in [0.5, 0.6) is 0 Å². The van der Waals surface area contributed by atoms with E-state index in [-0.39, 0.29) is 17.7 Å². The van der Waals surface area contributed by atoms with Crippen molar-refractivity contribution < 1.29 is 13.2 Å². The van der Waals surface area contributed by atoms with Gasteiger partial charge in [-0.25, -0.2) is 4.99 Å². The first-order chi connectivity index (χ1) is 15.5. The number of anilines is 2. The molecule has 0 aromatic heterocycles. The molecule has 0 bridgehead atoms. The highest BCUT2D eigenvalue weighted by Gasteiger charge is 2.36. The lowest BCUT2D eigenvalue weighted by atomic mass is 9.93. The van der Waals surface area contributed by atoms with Gasteiger partial charge in [-0.1, -0.05) is 25.1 Å².